The van der Waals surface area contributed by atoms with Crippen molar-refractivity contribution in [1.82, 2.24) is 0 Å². The highest BCUT2D eigenvalue weighted by atomic mass is 79.9. The first kappa shape index (κ1) is 19.2. The van der Waals surface area contributed by atoms with Crippen LogP contribution in [0, 0.1) is 0 Å². The van der Waals surface area contributed by atoms with Crippen LogP contribution < -0.4 is 0 Å². The predicted molar refractivity (Wildman–Crippen MR) is 92.2 cm³/mol. The Balaban J connectivity index is 3.23. The first-order chi connectivity index (χ1) is 10.3. The van der Waals surface area contributed by atoms with Gasteiger partial charge in [0, 0.05) is 8.95 Å². The molecule has 0 heterocycles. The van der Waals surface area contributed by atoms with E-state index in [1.165, 1.54) is 0 Å². The lowest BCUT2D eigenvalue weighted by molar-refractivity contribution is 0.0283. The smallest absolute Gasteiger partial charge is 0.340 e. The van der Waals surface area contributed by atoms with Crippen LogP contribution in [-0.4, -0.2) is 24.1 Å². The van der Waals surface area contributed by atoms with Gasteiger partial charge in [-0.3, -0.25) is 0 Å². The lowest BCUT2D eigenvalue weighted by Gasteiger charge is -2.17. The van der Waals surface area contributed by atoms with Gasteiger partial charge in [0.2, 0.25) is 0 Å². The van der Waals surface area contributed by atoms with E-state index in [1.807, 2.05) is 13.8 Å². The van der Waals surface area contributed by atoms with Crippen LogP contribution in [0.1, 0.15) is 61.3 Å². The molecule has 0 aliphatic heterocycles. The molecule has 2 unspecified atom stereocenters. The third kappa shape index (κ3) is 4.81. The molecule has 0 saturated heterocycles. The first-order valence-corrected chi connectivity index (χ1v) is 8.80. The first-order valence-electron chi connectivity index (χ1n) is 7.21. The monoisotopic (exact) mass is 434 g/mol. The molecular formula is C16H20Br2O4. The summed E-state index contributed by atoms with van der Waals surface area (Å²) in [4.78, 5) is 24.8. The molecule has 1 aromatic carbocycles. The second-order valence-electron chi connectivity index (χ2n) is 5.03. The molecule has 0 fully saturated rings. The predicted octanol–water partition coefficient (Wildman–Crippen LogP) is 5.12. The molecule has 0 N–H and O–H groups in total. The van der Waals surface area contributed by atoms with Crippen molar-refractivity contribution in [2.75, 3.05) is 0 Å². The Labute approximate surface area is 147 Å². The van der Waals surface area contributed by atoms with Gasteiger partial charge in [-0.25, -0.2) is 9.59 Å². The van der Waals surface area contributed by atoms with Crippen LogP contribution in [0.3, 0.4) is 0 Å². The largest absolute Gasteiger partial charge is 0.459 e. The summed E-state index contributed by atoms with van der Waals surface area (Å²) in [5, 5.41) is 0. The molecule has 0 aliphatic rings. The number of halogens is 2. The second kappa shape index (κ2) is 8.67. The summed E-state index contributed by atoms with van der Waals surface area (Å²) in [5.74, 6) is -1.09. The number of carbonyl (C=O) groups excluding carboxylic acids is 2. The minimum atomic E-state index is -0.543. The van der Waals surface area contributed by atoms with E-state index in [4.69, 9.17) is 9.47 Å². The Morgan fingerprint density at radius 2 is 1.23 bits per heavy atom. The molecule has 4 nitrogen and oxygen atoms in total. The molecule has 0 aliphatic carbocycles. The lowest BCUT2D eigenvalue weighted by Crippen LogP contribution is -2.21. The lowest BCUT2D eigenvalue weighted by atomic mass is 10.1. The summed E-state index contributed by atoms with van der Waals surface area (Å²) in [7, 11) is 0. The van der Waals surface area contributed by atoms with E-state index in [0.29, 0.717) is 21.8 Å². The molecule has 0 amide bonds. The summed E-state index contributed by atoms with van der Waals surface area (Å²) in [6, 6.07) is 3.38. The van der Waals surface area contributed by atoms with E-state index in [0.717, 1.165) is 0 Å². The third-order valence-corrected chi connectivity index (χ3v) is 4.60. The van der Waals surface area contributed by atoms with Crippen LogP contribution in [-0.2, 0) is 9.47 Å². The van der Waals surface area contributed by atoms with Crippen LogP contribution >= 0.6 is 31.9 Å². The number of benzene rings is 1. The quantitative estimate of drug-likeness (QED) is 0.581. The van der Waals surface area contributed by atoms with Crippen molar-refractivity contribution in [2.24, 2.45) is 0 Å². The summed E-state index contributed by atoms with van der Waals surface area (Å²) >= 11 is 6.63. The topological polar surface area (TPSA) is 52.6 Å². The average Bonchev–Trinajstić information content (AvgIpc) is 2.48. The van der Waals surface area contributed by atoms with E-state index < -0.39 is 11.9 Å². The maximum atomic E-state index is 12.4. The van der Waals surface area contributed by atoms with E-state index in [-0.39, 0.29) is 23.3 Å². The highest BCUT2D eigenvalue weighted by molar-refractivity contribution is 9.11. The standard InChI is InChI=1S/C16H20Br2O4/c1-5-9(3)21-15(19)13-11(17)7-8-12(18)14(13)16(20)22-10(4)6-2/h7-10H,5-6H2,1-4H3. The fourth-order valence-corrected chi connectivity index (χ4v) is 2.59. The van der Waals surface area contributed by atoms with Crippen LogP contribution in [0.25, 0.3) is 0 Å². The van der Waals surface area contributed by atoms with E-state index in [1.54, 1.807) is 26.0 Å². The van der Waals surface area contributed by atoms with Gasteiger partial charge in [-0.05, 0) is 70.7 Å². The zero-order chi connectivity index (χ0) is 16.9. The zero-order valence-corrected chi connectivity index (χ0v) is 16.3. The molecule has 0 saturated carbocycles. The van der Waals surface area contributed by atoms with Crippen LogP contribution in [0.15, 0.2) is 21.1 Å². The van der Waals surface area contributed by atoms with E-state index in [9.17, 15) is 9.59 Å². The number of rotatable bonds is 6. The fraction of sp³-hybridized carbons (Fsp3) is 0.500. The molecule has 0 aromatic heterocycles. The number of hydrogen-bond donors (Lipinski definition) is 0. The maximum Gasteiger partial charge on any atom is 0.340 e. The van der Waals surface area contributed by atoms with Crippen molar-refractivity contribution in [3.63, 3.8) is 0 Å². The van der Waals surface area contributed by atoms with Crippen molar-refractivity contribution < 1.29 is 19.1 Å². The molecule has 122 valence electrons. The van der Waals surface area contributed by atoms with Crippen LogP contribution in [0.5, 0.6) is 0 Å². The molecule has 0 spiro atoms. The van der Waals surface area contributed by atoms with Gasteiger partial charge in [0.05, 0.1) is 23.3 Å². The summed E-state index contributed by atoms with van der Waals surface area (Å²) in [5.41, 5.74) is 0.367. The van der Waals surface area contributed by atoms with Gasteiger partial charge in [0.15, 0.2) is 0 Å². The number of hydrogen-bond acceptors (Lipinski definition) is 4. The van der Waals surface area contributed by atoms with Gasteiger partial charge in [-0.15, -0.1) is 0 Å². The summed E-state index contributed by atoms with van der Waals surface area (Å²) in [6.45, 7) is 7.46. The van der Waals surface area contributed by atoms with E-state index in [2.05, 4.69) is 31.9 Å². The van der Waals surface area contributed by atoms with Crippen molar-refractivity contribution in [3.8, 4) is 0 Å². The molecular weight excluding hydrogens is 416 g/mol. The zero-order valence-electron chi connectivity index (χ0n) is 13.1. The summed E-state index contributed by atoms with van der Waals surface area (Å²) in [6.07, 6.45) is 0.947. The minimum absolute atomic E-state index is 0.183. The summed E-state index contributed by atoms with van der Waals surface area (Å²) < 4.78 is 11.7. The third-order valence-electron chi connectivity index (χ3n) is 3.28. The van der Waals surface area contributed by atoms with Gasteiger partial charge in [-0.1, -0.05) is 13.8 Å². The Bertz CT molecular complexity index is 508. The molecule has 0 radical (unpaired) electrons. The molecule has 6 heteroatoms. The van der Waals surface area contributed by atoms with Crippen LogP contribution in [0.4, 0.5) is 0 Å². The van der Waals surface area contributed by atoms with Gasteiger partial charge in [0.1, 0.15) is 0 Å². The Morgan fingerprint density at radius 1 is 0.909 bits per heavy atom. The van der Waals surface area contributed by atoms with Crippen molar-refractivity contribution in [2.45, 2.75) is 52.7 Å². The molecule has 1 rings (SSSR count). The molecule has 2 atom stereocenters. The molecule has 22 heavy (non-hydrogen) atoms. The van der Waals surface area contributed by atoms with Gasteiger partial charge in [-0.2, -0.15) is 0 Å². The average molecular weight is 436 g/mol. The fourth-order valence-electron chi connectivity index (χ4n) is 1.60. The Kier molecular flexibility index (Phi) is 7.56. The highest BCUT2D eigenvalue weighted by Crippen LogP contribution is 2.30. The maximum absolute atomic E-state index is 12.4. The SMILES string of the molecule is CCC(C)OC(=O)c1c(Br)ccc(Br)c1C(=O)OC(C)CC. The number of esters is 2. The second-order valence-corrected chi connectivity index (χ2v) is 6.74. The van der Waals surface area contributed by atoms with Crippen molar-refractivity contribution in [3.05, 3.63) is 32.2 Å². The van der Waals surface area contributed by atoms with Crippen LogP contribution in [0.2, 0.25) is 0 Å². The van der Waals surface area contributed by atoms with Gasteiger partial charge in [0.25, 0.3) is 0 Å². The highest BCUT2D eigenvalue weighted by Gasteiger charge is 2.27. The normalized spacial score (nSPS) is 13.4. The van der Waals surface area contributed by atoms with Gasteiger partial charge < -0.3 is 9.47 Å². The number of ether oxygens (including phenoxy) is 2. The minimum Gasteiger partial charge on any atom is -0.459 e. The molecule has 0 bridgehead atoms. The molecule has 1 aromatic rings. The Morgan fingerprint density at radius 3 is 1.50 bits per heavy atom. The van der Waals surface area contributed by atoms with Crippen molar-refractivity contribution in [1.29, 1.82) is 0 Å². The number of carbonyl (C=O) groups is 2. The van der Waals surface area contributed by atoms with Gasteiger partial charge >= 0.3 is 11.9 Å². The Hall–Kier alpha value is -0.880. The van der Waals surface area contributed by atoms with E-state index >= 15 is 0 Å². The van der Waals surface area contributed by atoms with Crippen molar-refractivity contribution >= 4 is 43.8 Å².